The van der Waals surface area contributed by atoms with Crippen LogP contribution in [0.15, 0.2) is 113 Å². The molecular weight excluding hydrogens is 1310 g/mol. The van der Waals surface area contributed by atoms with Crippen LogP contribution in [0.3, 0.4) is 0 Å². The number of benzene rings is 4. The maximum absolute atomic E-state index is 15.0. The van der Waals surface area contributed by atoms with Crippen molar-refractivity contribution >= 4 is 69.4 Å². The van der Waals surface area contributed by atoms with Gasteiger partial charge in [0.2, 0.25) is 47.3 Å². The van der Waals surface area contributed by atoms with Gasteiger partial charge in [0.25, 0.3) is 10.0 Å². The lowest BCUT2D eigenvalue weighted by atomic mass is 9.96. The highest BCUT2D eigenvalue weighted by Crippen LogP contribution is 2.31. The molecule has 1 aliphatic heterocycles. The fraction of sp³-hybridized carbons (Fsp3) is 0.471. The van der Waals surface area contributed by atoms with E-state index in [1.807, 2.05) is 0 Å². The number of likely N-dealkylation sites (tertiary alicyclic amines) is 1. The summed E-state index contributed by atoms with van der Waals surface area (Å²) in [5.41, 5.74) is 15.6. The molecule has 1 aromatic heterocycles. The van der Waals surface area contributed by atoms with Crippen molar-refractivity contribution in [1.29, 1.82) is 0 Å². The molecule has 29 nitrogen and oxygen atoms in total. The summed E-state index contributed by atoms with van der Waals surface area (Å²) in [5, 5.41) is 39.4. The van der Waals surface area contributed by atoms with Gasteiger partial charge in [-0.3, -0.25) is 38.6 Å². The summed E-state index contributed by atoms with van der Waals surface area (Å²) in [6.45, 7) is 11.8. The van der Waals surface area contributed by atoms with Crippen LogP contribution < -0.4 is 58.1 Å². The monoisotopic (exact) mass is 1400 g/mol. The minimum atomic E-state index is -4.28. The van der Waals surface area contributed by atoms with Crippen LogP contribution in [0.25, 0.3) is 0 Å². The van der Waals surface area contributed by atoms with Gasteiger partial charge in [0.05, 0.1) is 18.3 Å². The fourth-order valence-electron chi connectivity index (χ4n) is 11.6. The molecule has 0 radical (unpaired) electrons. The molecule has 30 heteroatoms. The zero-order chi connectivity index (χ0) is 73.2. The fourth-order valence-corrected chi connectivity index (χ4v) is 13.0. The highest BCUT2D eigenvalue weighted by atomic mass is 32.2. The van der Waals surface area contributed by atoms with Crippen LogP contribution in [-0.2, 0) is 79.0 Å². The minimum Gasteiger partial charge on any atom is -0.508 e. The summed E-state index contributed by atoms with van der Waals surface area (Å²) in [6, 6.07) is 14.2. The molecular formula is C70H96N14O15S. The Bertz CT molecular complexity index is 3730. The number of ether oxygens (including phenoxy) is 2. The number of phenolic OH excluding ortho intramolecular Hbond substituents is 1. The van der Waals surface area contributed by atoms with Crippen LogP contribution in [0, 0.1) is 32.6 Å². The number of rotatable bonds is 37. The number of imidazole rings is 1. The van der Waals surface area contributed by atoms with Crippen molar-refractivity contribution in [3.63, 3.8) is 0 Å². The lowest BCUT2D eigenvalue weighted by Gasteiger charge is -2.32. The molecule has 5 aromatic rings. The number of aliphatic imine (C=N–C) groups is 1. The van der Waals surface area contributed by atoms with Gasteiger partial charge in [-0.15, -0.1) is 0 Å². The van der Waals surface area contributed by atoms with Crippen molar-refractivity contribution in [2.75, 3.05) is 26.7 Å². The number of aliphatic carboxylic acids is 1. The lowest BCUT2D eigenvalue weighted by molar-refractivity contribution is -0.145. The number of guanidine groups is 1. The van der Waals surface area contributed by atoms with Gasteiger partial charge in [0, 0.05) is 44.2 Å². The molecule has 4 aromatic carbocycles. The van der Waals surface area contributed by atoms with Gasteiger partial charge in [-0.25, -0.2) is 27.7 Å². The molecule has 6 rings (SSSR count). The molecule has 1 fully saturated rings. The van der Waals surface area contributed by atoms with Crippen molar-refractivity contribution in [2.24, 2.45) is 28.3 Å². The first-order valence-corrected chi connectivity index (χ1v) is 34.9. The van der Waals surface area contributed by atoms with Crippen molar-refractivity contribution in [3.05, 3.63) is 143 Å². The number of nitrogens with zero attached hydrogens (tertiary/aromatic N) is 3. The molecule has 0 unspecified atom stereocenters. The number of carboxylic acid groups (broad SMARTS) is 1. The number of H-pyrrole nitrogens is 1. The van der Waals surface area contributed by atoms with Gasteiger partial charge in [-0.05, 0) is 136 Å². The number of amides is 8. The van der Waals surface area contributed by atoms with Crippen LogP contribution in [0.5, 0.6) is 11.5 Å². The quantitative estimate of drug-likeness (QED) is 0.0154. The van der Waals surface area contributed by atoms with Crippen LogP contribution in [0.1, 0.15) is 118 Å². The van der Waals surface area contributed by atoms with E-state index in [0.29, 0.717) is 70.5 Å². The Kier molecular flexibility index (Phi) is 30.2. The van der Waals surface area contributed by atoms with Gasteiger partial charge in [-0.2, -0.15) is 0 Å². The molecule has 2 heterocycles. The van der Waals surface area contributed by atoms with Crippen LogP contribution >= 0.6 is 0 Å². The highest BCUT2D eigenvalue weighted by Gasteiger charge is 2.41. The van der Waals surface area contributed by atoms with Gasteiger partial charge >= 0.3 is 12.1 Å². The third-order valence-corrected chi connectivity index (χ3v) is 19.1. The molecule has 8 amide bonds. The zero-order valence-corrected chi connectivity index (χ0v) is 58.6. The minimum absolute atomic E-state index is 0.0121. The smallest absolute Gasteiger partial charge is 0.408 e. The first-order valence-electron chi connectivity index (χ1n) is 33.4. The van der Waals surface area contributed by atoms with Crippen molar-refractivity contribution < 1.29 is 71.3 Å². The Balaban J connectivity index is 1.24. The summed E-state index contributed by atoms with van der Waals surface area (Å²) < 4.78 is 40.6. The van der Waals surface area contributed by atoms with Crippen LogP contribution in [0.4, 0.5) is 4.79 Å². The Morgan fingerprint density at radius 3 is 1.90 bits per heavy atom. The molecule has 15 N–H and O–H groups in total. The highest BCUT2D eigenvalue weighted by molar-refractivity contribution is 7.90. The number of aromatic nitrogens is 2. The van der Waals surface area contributed by atoms with E-state index in [2.05, 4.69) is 56.9 Å². The number of aromatic hydroxyl groups is 1. The molecule has 1 saturated heterocycles. The second-order valence-electron chi connectivity index (χ2n) is 25.2. The van der Waals surface area contributed by atoms with E-state index < -0.39 is 130 Å². The molecule has 0 spiro atoms. The number of alkyl carbamates (subject to hydrolysis) is 1. The molecule has 0 bridgehead atoms. The van der Waals surface area contributed by atoms with Gasteiger partial charge in [0.15, 0.2) is 0 Å². The molecule has 0 aliphatic carbocycles. The normalized spacial score (nSPS) is 15.5. The van der Waals surface area contributed by atoms with Gasteiger partial charge in [0.1, 0.15) is 66.4 Å². The number of phenols is 1. The Hall–Kier alpha value is -10.1. The number of sulfonamides is 1. The second-order valence-corrected chi connectivity index (χ2v) is 26.9. The number of aromatic amines is 1. The number of nitrogens with two attached hydrogens (primary N) is 2. The largest absolute Gasteiger partial charge is 0.508 e. The first-order chi connectivity index (χ1) is 47.6. The number of hydrogen-bond acceptors (Lipinski definition) is 17. The maximum Gasteiger partial charge on any atom is 0.408 e. The van der Waals surface area contributed by atoms with E-state index in [1.54, 1.807) is 115 Å². The van der Waals surface area contributed by atoms with E-state index >= 15 is 0 Å². The average Bonchev–Trinajstić information content (AvgIpc) is 0.817. The first kappa shape index (κ1) is 78.9. The Morgan fingerprint density at radius 1 is 0.700 bits per heavy atom. The molecule has 100 heavy (non-hydrogen) atoms. The zero-order valence-electron chi connectivity index (χ0n) is 57.8. The number of methoxy groups -OCH3 is 1. The summed E-state index contributed by atoms with van der Waals surface area (Å²) in [6.07, 6.45) is 3.19. The predicted molar refractivity (Wildman–Crippen MR) is 372 cm³/mol. The standard InChI is InChI=1S/C70H96N14O15S/c1-9-42(4)59(66(91)78-54(37-49-38-73-40-75-49)67(92)84-33-19-26-56(84)64(89)79-55(68(93)94)36-46-20-12-10-13-21-46)82-63(88)53(35-47-27-29-50(85)30-28-47)77-65(90)58(41(2)3)81-62(87)51(76-61(86)52(24-16-17-31-71)80-70(95)99-39-48-22-14-11-15-23-48)25-18-32-74-69(72)83-100(96,97)60-43(5)34-57(98-8)44(6)45(60)7/h10-15,20-23,27-30,34,38,40-42,51-56,58-59,85H,9,16-19,24-26,31-33,35-37,39,71H2,1-8H3,(H,73,75)(H,76,86)(H,77,90)(H,78,91)(H,79,89)(H,80,95)(H,81,87)(H,82,88)(H,93,94)(H3,72,74,83)/t42-,51-,52-,53-,54-,55-,56-,58-,59-/m0/s1. The van der Waals surface area contributed by atoms with E-state index in [0.717, 1.165) is 0 Å². The van der Waals surface area contributed by atoms with E-state index in [-0.39, 0.29) is 81.8 Å². The summed E-state index contributed by atoms with van der Waals surface area (Å²) in [5.74, 6) is -8.22. The Labute approximate surface area is 583 Å². The second kappa shape index (κ2) is 38.3. The lowest BCUT2D eigenvalue weighted by Crippen LogP contribution is -2.62. The number of nitrogens with one attached hydrogen (secondary N) is 9. The molecule has 0 saturated carbocycles. The van der Waals surface area contributed by atoms with E-state index in [9.17, 15) is 61.8 Å². The molecule has 1 aliphatic rings. The third-order valence-electron chi connectivity index (χ3n) is 17.4. The number of carboxylic acids is 1. The Morgan fingerprint density at radius 2 is 1.28 bits per heavy atom. The summed E-state index contributed by atoms with van der Waals surface area (Å²) >= 11 is 0. The molecule has 542 valence electrons. The number of carbonyl (C=O) groups is 9. The number of carbonyl (C=O) groups excluding carboxylic acids is 8. The summed E-state index contributed by atoms with van der Waals surface area (Å²) in [4.78, 5) is 141. The maximum atomic E-state index is 15.0. The molecule has 9 atom stereocenters. The number of hydrogen-bond donors (Lipinski definition) is 13. The van der Waals surface area contributed by atoms with Crippen LogP contribution in [0.2, 0.25) is 0 Å². The van der Waals surface area contributed by atoms with Crippen molar-refractivity contribution in [1.82, 2.24) is 56.8 Å². The topological polar surface area (TPSA) is 439 Å². The summed E-state index contributed by atoms with van der Waals surface area (Å²) in [7, 11) is -2.80. The number of aryl methyl sites for hydroxylation is 1. The van der Waals surface area contributed by atoms with E-state index in [1.165, 1.54) is 48.8 Å². The van der Waals surface area contributed by atoms with Crippen molar-refractivity contribution in [2.45, 2.75) is 179 Å². The SMILES string of the molecule is CC[C@H](C)[C@H](NC(=O)[C@H](Cc1ccc(O)cc1)NC(=O)[C@@H](NC(=O)[C@H](CCCN=C(N)NS(=O)(=O)c1c(C)cc(OC)c(C)c1C)NC(=O)[C@H](CCCCN)NC(=O)OCc1ccccc1)C(C)C)C(=O)N[C@@H](Cc1cnc[nH]1)C(=O)N1CCC[C@H]1C(=O)N[C@@H](Cc1ccccc1)C(=O)O. The third kappa shape index (κ3) is 23.3. The van der Waals surface area contributed by atoms with E-state index in [4.69, 9.17) is 20.9 Å². The van der Waals surface area contributed by atoms with Gasteiger partial charge in [-0.1, -0.05) is 107 Å². The number of unbranched alkanes of at least 4 members (excludes halogenated alkanes) is 1. The average molecular weight is 1410 g/mol. The van der Waals surface area contributed by atoms with Gasteiger partial charge < -0.3 is 78.3 Å². The van der Waals surface area contributed by atoms with Crippen molar-refractivity contribution in [3.8, 4) is 11.5 Å². The predicted octanol–water partition coefficient (Wildman–Crippen LogP) is 3.26. The van der Waals surface area contributed by atoms with Crippen LogP contribution in [-0.4, -0.2) is 168 Å².